The van der Waals surface area contributed by atoms with Gasteiger partial charge in [0.25, 0.3) is 0 Å². The van der Waals surface area contributed by atoms with Crippen molar-refractivity contribution in [2.75, 3.05) is 26.9 Å². The van der Waals surface area contributed by atoms with E-state index in [1.807, 2.05) is 45.0 Å². The average Bonchev–Trinajstić information content (AvgIpc) is 3.03. The molecule has 0 unspecified atom stereocenters. The standard InChI is InChI=1S/C34H39BrN4O8/c1-6-44-27-16-24(31-30(33(41)43-5)21(4)37-34(42)38-31)11-12-26(27)46-19-29(40)39-36-17-23-14-25(35)32(28(15-23)45-7-2)47-18-22-10-8-9-20(3)13-22/h8-17,29,31,39-40H,6-7,18-19H2,1-5H3,(H2,37,38,42)/b36-17-/t29-,31+/m1/s1. The Morgan fingerprint density at radius 1 is 1.02 bits per heavy atom. The van der Waals surface area contributed by atoms with Gasteiger partial charge in [0.15, 0.2) is 29.2 Å². The van der Waals surface area contributed by atoms with Crippen LogP contribution in [0.2, 0.25) is 0 Å². The predicted octanol–water partition coefficient (Wildman–Crippen LogP) is 5.26. The number of aliphatic hydroxyl groups excluding tert-OH is 1. The van der Waals surface area contributed by atoms with Crippen LogP contribution in [0.5, 0.6) is 23.0 Å². The molecule has 250 valence electrons. The van der Waals surface area contributed by atoms with Crippen molar-refractivity contribution < 1.29 is 38.4 Å². The zero-order valence-corrected chi connectivity index (χ0v) is 28.5. The van der Waals surface area contributed by atoms with Crippen LogP contribution in [-0.4, -0.2) is 56.5 Å². The summed E-state index contributed by atoms with van der Waals surface area (Å²) in [5.41, 5.74) is 6.80. The van der Waals surface area contributed by atoms with Gasteiger partial charge in [-0.2, -0.15) is 5.10 Å². The number of hydrazone groups is 1. The summed E-state index contributed by atoms with van der Waals surface area (Å²) >= 11 is 3.58. The van der Waals surface area contributed by atoms with Crippen LogP contribution in [-0.2, 0) is 16.1 Å². The predicted molar refractivity (Wildman–Crippen MR) is 180 cm³/mol. The van der Waals surface area contributed by atoms with Gasteiger partial charge in [0.05, 0.1) is 42.6 Å². The number of urea groups is 1. The van der Waals surface area contributed by atoms with Gasteiger partial charge < -0.3 is 39.4 Å². The molecule has 0 fully saturated rings. The number of allylic oxidation sites excluding steroid dienone is 1. The minimum Gasteiger partial charge on any atom is -0.490 e. The molecule has 0 bridgehead atoms. The number of methoxy groups -OCH3 is 1. The van der Waals surface area contributed by atoms with Crippen molar-refractivity contribution in [2.24, 2.45) is 5.10 Å². The van der Waals surface area contributed by atoms with Gasteiger partial charge in [-0.15, -0.1) is 0 Å². The summed E-state index contributed by atoms with van der Waals surface area (Å²) in [6.45, 7) is 8.37. The van der Waals surface area contributed by atoms with Crippen LogP contribution in [0.3, 0.4) is 0 Å². The highest BCUT2D eigenvalue weighted by atomic mass is 79.9. The molecule has 47 heavy (non-hydrogen) atoms. The molecular weight excluding hydrogens is 672 g/mol. The molecule has 2 atom stereocenters. The summed E-state index contributed by atoms with van der Waals surface area (Å²) in [7, 11) is 1.28. The molecule has 0 saturated heterocycles. The third-order valence-electron chi connectivity index (χ3n) is 6.91. The number of aliphatic hydroxyl groups is 1. The molecule has 0 aromatic heterocycles. The van der Waals surface area contributed by atoms with Gasteiger partial charge in [0.2, 0.25) is 0 Å². The van der Waals surface area contributed by atoms with E-state index in [2.05, 4.69) is 43.2 Å². The van der Waals surface area contributed by atoms with Gasteiger partial charge in [-0.25, -0.2) is 9.59 Å². The second kappa shape index (κ2) is 16.7. The van der Waals surface area contributed by atoms with E-state index in [9.17, 15) is 14.7 Å². The highest BCUT2D eigenvalue weighted by molar-refractivity contribution is 9.10. The lowest BCUT2D eigenvalue weighted by molar-refractivity contribution is -0.136. The Labute approximate surface area is 282 Å². The third-order valence-corrected chi connectivity index (χ3v) is 7.50. The van der Waals surface area contributed by atoms with Crippen molar-refractivity contribution in [2.45, 2.75) is 46.6 Å². The molecule has 0 spiro atoms. The molecule has 4 rings (SSSR count). The van der Waals surface area contributed by atoms with Crippen molar-refractivity contribution in [3.05, 3.63) is 92.6 Å². The maximum atomic E-state index is 12.5. The van der Waals surface area contributed by atoms with E-state index in [0.717, 1.165) is 11.1 Å². The molecule has 1 heterocycles. The molecule has 1 aliphatic rings. The Morgan fingerprint density at radius 2 is 1.79 bits per heavy atom. The summed E-state index contributed by atoms with van der Waals surface area (Å²) < 4.78 is 29.1. The Morgan fingerprint density at radius 3 is 2.51 bits per heavy atom. The zero-order valence-electron chi connectivity index (χ0n) is 26.9. The number of carbonyl (C=O) groups excluding carboxylic acids is 2. The molecule has 1 aliphatic heterocycles. The van der Waals surface area contributed by atoms with Crippen molar-refractivity contribution in [1.82, 2.24) is 16.1 Å². The maximum absolute atomic E-state index is 12.5. The Hall–Kier alpha value is -4.75. The first-order valence-corrected chi connectivity index (χ1v) is 15.8. The van der Waals surface area contributed by atoms with E-state index in [0.29, 0.717) is 64.1 Å². The Bertz CT molecular complexity index is 1640. The SMILES string of the molecule is CCOc1cc([C@@H]2NC(=O)NC(C)=C2C(=O)OC)ccc1OC[C@@H](O)N/N=C\c1cc(Br)c(OCc2cccc(C)c2)c(OCC)c1. The van der Waals surface area contributed by atoms with Crippen molar-refractivity contribution >= 4 is 34.1 Å². The fourth-order valence-electron chi connectivity index (χ4n) is 4.84. The molecule has 13 heteroatoms. The van der Waals surface area contributed by atoms with Crippen LogP contribution in [0.1, 0.15) is 49.1 Å². The molecule has 3 aromatic rings. The van der Waals surface area contributed by atoms with Gasteiger partial charge in [0, 0.05) is 5.70 Å². The molecule has 0 radical (unpaired) electrons. The average molecular weight is 712 g/mol. The number of carbonyl (C=O) groups is 2. The number of esters is 1. The van der Waals surface area contributed by atoms with E-state index in [-0.39, 0.29) is 12.2 Å². The third kappa shape index (κ3) is 9.39. The van der Waals surface area contributed by atoms with Crippen LogP contribution in [0.15, 0.2) is 75.4 Å². The van der Waals surface area contributed by atoms with E-state index < -0.39 is 24.3 Å². The number of ether oxygens (including phenoxy) is 5. The summed E-state index contributed by atoms with van der Waals surface area (Å²) in [5.74, 6) is 1.29. The number of benzene rings is 3. The topological polar surface area (TPSA) is 149 Å². The number of aryl methyl sites for hydroxylation is 1. The van der Waals surface area contributed by atoms with E-state index in [4.69, 9.17) is 23.7 Å². The first kappa shape index (κ1) is 35.1. The van der Waals surface area contributed by atoms with Crippen molar-refractivity contribution in [3.8, 4) is 23.0 Å². The monoisotopic (exact) mass is 710 g/mol. The van der Waals surface area contributed by atoms with E-state index in [1.54, 1.807) is 37.4 Å². The van der Waals surface area contributed by atoms with Gasteiger partial charge in [0.1, 0.15) is 13.2 Å². The van der Waals surface area contributed by atoms with Crippen LogP contribution >= 0.6 is 15.9 Å². The second-order valence-electron chi connectivity index (χ2n) is 10.5. The highest BCUT2D eigenvalue weighted by Gasteiger charge is 2.32. The lowest BCUT2D eigenvalue weighted by Gasteiger charge is -2.28. The lowest BCUT2D eigenvalue weighted by Crippen LogP contribution is -2.45. The van der Waals surface area contributed by atoms with Gasteiger partial charge in [-0.05, 0) is 84.6 Å². The molecule has 4 N–H and O–H groups in total. The molecule has 12 nitrogen and oxygen atoms in total. The number of hydrogen-bond donors (Lipinski definition) is 4. The van der Waals surface area contributed by atoms with Crippen LogP contribution < -0.4 is 35.0 Å². The Balaban J connectivity index is 1.40. The van der Waals surface area contributed by atoms with Gasteiger partial charge >= 0.3 is 12.0 Å². The molecule has 3 aromatic carbocycles. The summed E-state index contributed by atoms with van der Waals surface area (Å²) in [6, 6.07) is 15.5. The first-order chi connectivity index (χ1) is 22.6. The molecular formula is C34H39BrN4O8. The number of amides is 2. The number of nitrogens with zero attached hydrogens (tertiary/aromatic N) is 1. The molecule has 0 aliphatic carbocycles. The number of rotatable bonds is 15. The molecule has 0 saturated carbocycles. The fraction of sp³-hybridized carbons (Fsp3) is 0.324. The highest BCUT2D eigenvalue weighted by Crippen LogP contribution is 2.37. The number of nitrogens with one attached hydrogen (secondary N) is 3. The summed E-state index contributed by atoms with van der Waals surface area (Å²) in [6.07, 6.45) is 0.385. The largest absolute Gasteiger partial charge is 0.490 e. The maximum Gasteiger partial charge on any atom is 0.337 e. The van der Waals surface area contributed by atoms with Crippen LogP contribution in [0.25, 0.3) is 0 Å². The second-order valence-corrected chi connectivity index (χ2v) is 11.3. The fourth-order valence-corrected chi connectivity index (χ4v) is 5.42. The van der Waals surface area contributed by atoms with Gasteiger partial charge in [-0.1, -0.05) is 35.9 Å². The van der Waals surface area contributed by atoms with Crippen LogP contribution in [0, 0.1) is 6.92 Å². The number of hydrogen-bond acceptors (Lipinski definition) is 10. The van der Waals surface area contributed by atoms with Gasteiger partial charge in [-0.3, -0.25) is 5.43 Å². The lowest BCUT2D eigenvalue weighted by atomic mass is 9.95. The Kier molecular flexibility index (Phi) is 12.5. The van der Waals surface area contributed by atoms with E-state index >= 15 is 0 Å². The van der Waals surface area contributed by atoms with Crippen molar-refractivity contribution in [1.29, 1.82) is 0 Å². The van der Waals surface area contributed by atoms with Crippen LogP contribution in [0.4, 0.5) is 4.79 Å². The minimum absolute atomic E-state index is 0.160. The quantitative estimate of drug-likeness (QED) is 0.0718. The summed E-state index contributed by atoms with van der Waals surface area (Å²) in [5, 5.41) is 20.0. The van der Waals surface area contributed by atoms with E-state index in [1.165, 1.54) is 7.11 Å². The minimum atomic E-state index is -1.16. The number of halogens is 1. The zero-order chi connectivity index (χ0) is 33.9. The summed E-state index contributed by atoms with van der Waals surface area (Å²) in [4.78, 5) is 24.7. The smallest absolute Gasteiger partial charge is 0.337 e. The normalized spacial score (nSPS) is 15.0. The van der Waals surface area contributed by atoms with Crippen molar-refractivity contribution in [3.63, 3.8) is 0 Å². The molecule has 2 amide bonds. The first-order valence-electron chi connectivity index (χ1n) is 15.0.